The molecule has 2 amide bonds. The largest absolute Gasteiger partial charge is 0.481 e. The minimum absolute atomic E-state index is 0.0777. The Morgan fingerprint density at radius 2 is 2.05 bits per heavy atom. The molecule has 2 fully saturated rings. The first kappa shape index (κ1) is 15.1. The fourth-order valence-corrected chi connectivity index (χ4v) is 3.41. The van der Waals surface area contributed by atoms with E-state index in [1.54, 1.807) is 4.90 Å². The average Bonchev–Trinajstić information content (AvgIpc) is 2.95. The molecule has 0 aromatic rings. The maximum Gasteiger partial charge on any atom is 0.317 e. The van der Waals surface area contributed by atoms with Crippen molar-refractivity contribution >= 4 is 12.0 Å². The summed E-state index contributed by atoms with van der Waals surface area (Å²) in [6.45, 7) is 1.69. The molecule has 6 heteroatoms. The van der Waals surface area contributed by atoms with E-state index in [4.69, 9.17) is 5.11 Å². The standard InChI is InChI=1S/C14H25N3O3/c1-16(2)8-4-3-7-15-14(20)17-10-5-6-12(17)11(9-10)13(18)19/h10-12H,3-9H2,1-2H3,(H,15,20)(H,18,19). The van der Waals surface area contributed by atoms with Crippen LogP contribution in [0, 0.1) is 5.92 Å². The normalized spacial score (nSPS) is 28.1. The van der Waals surface area contributed by atoms with Crippen LogP contribution in [0.2, 0.25) is 0 Å². The molecule has 0 aromatic heterocycles. The highest BCUT2D eigenvalue weighted by Gasteiger charge is 2.51. The van der Waals surface area contributed by atoms with Crippen LogP contribution in [0.1, 0.15) is 32.1 Å². The first-order chi connectivity index (χ1) is 9.50. The third-order valence-corrected chi connectivity index (χ3v) is 4.40. The van der Waals surface area contributed by atoms with Gasteiger partial charge in [-0.1, -0.05) is 0 Å². The van der Waals surface area contributed by atoms with Gasteiger partial charge in [-0.15, -0.1) is 0 Å². The molecule has 114 valence electrons. The number of amides is 2. The van der Waals surface area contributed by atoms with E-state index in [0.29, 0.717) is 13.0 Å². The Morgan fingerprint density at radius 3 is 2.65 bits per heavy atom. The molecule has 2 N–H and O–H groups in total. The first-order valence-corrected chi connectivity index (χ1v) is 7.44. The summed E-state index contributed by atoms with van der Waals surface area (Å²) in [5, 5.41) is 12.1. The molecule has 0 aromatic carbocycles. The molecule has 0 spiro atoms. The predicted molar refractivity (Wildman–Crippen MR) is 75.6 cm³/mol. The predicted octanol–water partition coefficient (Wildman–Crippen LogP) is 0.975. The molecule has 0 aliphatic carbocycles. The lowest BCUT2D eigenvalue weighted by Crippen LogP contribution is -2.44. The SMILES string of the molecule is CN(C)CCCCNC(=O)N1C2CCC1C(C(=O)O)C2. The highest BCUT2D eigenvalue weighted by atomic mass is 16.4. The molecule has 2 aliphatic heterocycles. The third kappa shape index (κ3) is 3.23. The number of hydrogen-bond acceptors (Lipinski definition) is 3. The van der Waals surface area contributed by atoms with Crippen molar-refractivity contribution in [2.45, 2.75) is 44.2 Å². The molecule has 0 saturated carbocycles. The molecule has 2 saturated heterocycles. The van der Waals surface area contributed by atoms with Crippen LogP contribution in [0.4, 0.5) is 4.79 Å². The lowest BCUT2D eigenvalue weighted by molar-refractivity contribution is -0.142. The third-order valence-electron chi connectivity index (χ3n) is 4.40. The van der Waals surface area contributed by atoms with Crippen molar-refractivity contribution in [2.75, 3.05) is 27.2 Å². The second-order valence-corrected chi connectivity index (χ2v) is 6.13. The van der Waals surface area contributed by atoms with Crippen LogP contribution < -0.4 is 5.32 Å². The van der Waals surface area contributed by atoms with Gasteiger partial charge in [0.05, 0.1) is 5.92 Å². The highest BCUT2D eigenvalue weighted by Crippen LogP contribution is 2.41. The summed E-state index contributed by atoms with van der Waals surface area (Å²) in [5.41, 5.74) is 0. The van der Waals surface area contributed by atoms with E-state index < -0.39 is 5.97 Å². The summed E-state index contributed by atoms with van der Waals surface area (Å²) < 4.78 is 0. The molecule has 0 radical (unpaired) electrons. The monoisotopic (exact) mass is 283 g/mol. The molecule has 2 bridgehead atoms. The number of carboxylic acid groups (broad SMARTS) is 1. The quantitative estimate of drug-likeness (QED) is 0.713. The number of urea groups is 1. The van der Waals surface area contributed by atoms with Gasteiger partial charge in [-0.25, -0.2) is 4.79 Å². The number of rotatable bonds is 6. The number of carboxylic acids is 1. The van der Waals surface area contributed by atoms with E-state index in [-0.39, 0.29) is 24.0 Å². The molecule has 3 atom stereocenters. The van der Waals surface area contributed by atoms with Gasteiger partial charge in [-0.3, -0.25) is 4.79 Å². The Hall–Kier alpha value is -1.30. The molecule has 2 rings (SSSR count). The zero-order valence-corrected chi connectivity index (χ0v) is 12.3. The Bertz CT molecular complexity index is 373. The van der Waals surface area contributed by atoms with E-state index >= 15 is 0 Å². The molecule has 2 heterocycles. The Labute approximate surface area is 120 Å². The van der Waals surface area contributed by atoms with Gasteiger partial charge < -0.3 is 20.2 Å². The lowest BCUT2D eigenvalue weighted by Gasteiger charge is -2.23. The highest BCUT2D eigenvalue weighted by molar-refractivity contribution is 5.79. The summed E-state index contributed by atoms with van der Waals surface area (Å²) >= 11 is 0. The summed E-state index contributed by atoms with van der Waals surface area (Å²) in [5.74, 6) is -1.13. The molecular weight excluding hydrogens is 258 g/mol. The van der Waals surface area contributed by atoms with Gasteiger partial charge in [0.15, 0.2) is 0 Å². The maximum absolute atomic E-state index is 12.2. The number of nitrogens with zero attached hydrogens (tertiary/aromatic N) is 2. The molecule has 3 unspecified atom stereocenters. The maximum atomic E-state index is 12.2. The van der Waals surface area contributed by atoms with E-state index in [9.17, 15) is 9.59 Å². The molecule has 6 nitrogen and oxygen atoms in total. The van der Waals surface area contributed by atoms with Gasteiger partial charge in [0.25, 0.3) is 0 Å². The topological polar surface area (TPSA) is 72.9 Å². The summed E-state index contributed by atoms with van der Waals surface area (Å²) in [7, 11) is 4.07. The van der Waals surface area contributed by atoms with Crippen LogP contribution >= 0.6 is 0 Å². The van der Waals surface area contributed by atoms with E-state index in [2.05, 4.69) is 10.2 Å². The molecular formula is C14H25N3O3. The second-order valence-electron chi connectivity index (χ2n) is 6.13. The summed E-state index contributed by atoms with van der Waals surface area (Å²) in [4.78, 5) is 27.2. The Balaban J connectivity index is 1.75. The van der Waals surface area contributed by atoms with Crippen molar-refractivity contribution in [1.29, 1.82) is 0 Å². The zero-order chi connectivity index (χ0) is 14.7. The smallest absolute Gasteiger partial charge is 0.317 e. The van der Waals surface area contributed by atoms with Gasteiger partial charge in [-0.05, 0) is 52.7 Å². The fourth-order valence-electron chi connectivity index (χ4n) is 3.41. The molecule has 20 heavy (non-hydrogen) atoms. The summed E-state index contributed by atoms with van der Waals surface area (Å²) in [6, 6.07) is -0.0479. The Kier molecular flexibility index (Phi) is 4.86. The van der Waals surface area contributed by atoms with Gasteiger partial charge in [0, 0.05) is 18.6 Å². The minimum Gasteiger partial charge on any atom is -0.481 e. The molecule has 2 aliphatic rings. The van der Waals surface area contributed by atoms with Crippen LogP contribution in [0.3, 0.4) is 0 Å². The first-order valence-electron chi connectivity index (χ1n) is 7.44. The lowest BCUT2D eigenvalue weighted by atomic mass is 9.89. The van der Waals surface area contributed by atoms with Crippen molar-refractivity contribution in [3.8, 4) is 0 Å². The van der Waals surface area contributed by atoms with Crippen molar-refractivity contribution in [1.82, 2.24) is 15.1 Å². The van der Waals surface area contributed by atoms with Crippen molar-refractivity contribution in [3.63, 3.8) is 0 Å². The van der Waals surface area contributed by atoms with Crippen LogP contribution in [0.15, 0.2) is 0 Å². The van der Waals surface area contributed by atoms with E-state index in [1.807, 2.05) is 14.1 Å². The average molecular weight is 283 g/mol. The van der Waals surface area contributed by atoms with Gasteiger partial charge in [0.1, 0.15) is 0 Å². The van der Waals surface area contributed by atoms with Crippen LogP contribution in [-0.4, -0.2) is 66.2 Å². The minimum atomic E-state index is -0.763. The van der Waals surface area contributed by atoms with E-state index in [0.717, 1.165) is 32.2 Å². The fraction of sp³-hybridized carbons (Fsp3) is 0.857. The number of nitrogens with one attached hydrogen (secondary N) is 1. The van der Waals surface area contributed by atoms with Crippen LogP contribution in [-0.2, 0) is 4.79 Å². The van der Waals surface area contributed by atoms with Crippen molar-refractivity contribution < 1.29 is 14.7 Å². The van der Waals surface area contributed by atoms with Crippen LogP contribution in [0.25, 0.3) is 0 Å². The number of fused-ring (bicyclic) bond motifs is 2. The van der Waals surface area contributed by atoms with Crippen molar-refractivity contribution in [3.05, 3.63) is 0 Å². The second kappa shape index (κ2) is 6.43. The van der Waals surface area contributed by atoms with Gasteiger partial charge in [0.2, 0.25) is 0 Å². The van der Waals surface area contributed by atoms with E-state index in [1.165, 1.54) is 0 Å². The number of carbonyl (C=O) groups is 2. The number of aliphatic carboxylic acids is 1. The summed E-state index contributed by atoms with van der Waals surface area (Å²) in [6.07, 6.45) is 4.40. The number of unbranched alkanes of at least 4 members (excludes halogenated alkanes) is 1. The zero-order valence-electron chi connectivity index (χ0n) is 12.3. The van der Waals surface area contributed by atoms with Gasteiger partial charge in [-0.2, -0.15) is 0 Å². The van der Waals surface area contributed by atoms with Gasteiger partial charge >= 0.3 is 12.0 Å². The number of carbonyl (C=O) groups excluding carboxylic acids is 1. The van der Waals surface area contributed by atoms with Crippen molar-refractivity contribution in [2.24, 2.45) is 5.92 Å². The Morgan fingerprint density at radius 1 is 1.30 bits per heavy atom. The van der Waals surface area contributed by atoms with Crippen LogP contribution in [0.5, 0.6) is 0 Å². The number of hydrogen-bond donors (Lipinski definition) is 2.